The lowest BCUT2D eigenvalue weighted by atomic mass is 9.98. The summed E-state index contributed by atoms with van der Waals surface area (Å²) < 4.78 is 24.9. The molecule has 1 atom stereocenters. The zero-order valence-corrected chi connectivity index (χ0v) is 20.5. The molecule has 0 radical (unpaired) electrons. The van der Waals surface area contributed by atoms with Gasteiger partial charge in [0.25, 0.3) is 0 Å². The number of ketones is 1. The van der Waals surface area contributed by atoms with Gasteiger partial charge in [-0.05, 0) is 48.7 Å². The number of carbonyl (C=O) groups is 2. The zero-order valence-electron chi connectivity index (χ0n) is 19.7. The first-order chi connectivity index (χ1) is 17.0. The van der Waals surface area contributed by atoms with E-state index in [0.717, 1.165) is 11.1 Å². The summed E-state index contributed by atoms with van der Waals surface area (Å²) in [6, 6.07) is 18.1. The quantitative estimate of drug-likeness (QED) is 0.298. The Labute approximate surface area is 209 Å². The number of rotatable bonds is 6. The van der Waals surface area contributed by atoms with Crippen molar-refractivity contribution in [3.63, 3.8) is 0 Å². The van der Waals surface area contributed by atoms with E-state index in [4.69, 9.17) is 16.3 Å². The van der Waals surface area contributed by atoms with Gasteiger partial charge in [0.05, 0.1) is 11.4 Å². The molecule has 186 valence electrons. The first-order valence-electron chi connectivity index (χ1n) is 11.3. The van der Waals surface area contributed by atoms with Gasteiger partial charge in [-0.2, -0.15) is 0 Å². The van der Waals surface area contributed by atoms with Gasteiger partial charge >= 0.3 is 0 Å². The number of primary sulfonamides is 1. The fourth-order valence-corrected chi connectivity index (χ4v) is 5.16. The first kappa shape index (κ1) is 25.1. The number of aryl methyl sites for hydroxylation is 1. The second-order valence-electron chi connectivity index (χ2n) is 8.75. The Hall–Kier alpha value is -4.02. The molecule has 3 aromatic carbocycles. The van der Waals surface area contributed by atoms with Gasteiger partial charge in [-0.25, -0.2) is 13.6 Å². The normalized spacial score (nSPS) is 16.0. The Kier molecular flexibility index (Phi) is 6.91. The van der Waals surface area contributed by atoms with E-state index in [1.807, 2.05) is 31.2 Å². The van der Waals surface area contributed by atoms with E-state index in [1.54, 1.807) is 41.3 Å². The van der Waals surface area contributed by atoms with Crippen LogP contribution in [0.25, 0.3) is 11.1 Å². The maximum Gasteiger partial charge on any atom is 0.247 e. The smallest absolute Gasteiger partial charge is 0.247 e. The van der Waals surface area contributed by atoms with Crippen molar-refractivity contribution in [3.05, 3.63) is 77.9 Å². The average Bonchev–Trinajstić information content (AvgIpc) is 2.84. The molecule has 1 aliphatic heterocycles. The number of hydrogen-bond acceptors (Lipinski definition) is 6. The Morgan fingerprint density at radius 3 is 2.50 bits per heavy atom. The lowest BCUT2D eigenvalue weighted by Gasteiger charge is -2.36. The zero-order chi connectivity index (χ0) is 26.0. The van der Waals surface area contributed by atoms with E-state index in [2.05, 4.69) is 5.32 Å². The minimum absolute atomic E-state index is 0.00799. The van der Waals surface area contributed by atoms with E-state index >= 15 is 0 Å². The predicted molar refractivity (Wildman–Crippen MR) is 139 cm³/mol. The summed E-state index contributed by atoms with van der Waals surface area (Å²) in [4.78, 5) is 27.1. The molecule has 0 aromatic heterocycles. The summed E-state index contributed by atoms with van der Waals surface area (Å²) in [6.45, 7) is 1.91. The SMILES string of the molecule is Cc1ccccc1-c1ccc(NC(=O)C2CCC(=O)CN2c2cccc(C(=N)N)c2)cc1S(N)(=O)=O. The number of nitrogens with zero attached hydrogens (tertiary/aromatic N) is 1. The molecular weight excluding hydrogens is 478 g/mol. The molecule has 4 rings (SSSR count). The van der Waals surface area contributed by atoms with Crippen molar-refractivity contribution < 1.29 is 18.0 Å². The van der Waals surface area contributed by atoms with Crippen molar-refractivity contribution in [3.8, 4) is 11.1 Å². The van der Waals surface area contributed by atoms with Crippen molar-refractivity contribution in [2.45, 2.75) is 30.7 Å². The van der Waals surface area contributed by atoms with Crippen LogP contribution in [0.4, 0.5) is 11.4 Å². The van der Waals surface area contributed by atoms with E-state index < -0.39 is 16.1 Å². The predicted octanol–water partition coefficient (Wildman–Crippen LogP) is 2.77. The summed E-state index contributed by atoms with van der Waals surface area (Å²) in [5, 5.41) is 16.0. The highest BCUT2D eigenvalue weighted by Gasteiger charge is 2.33. The van der Waals surface area contributed by atoms with Crippen molar-refractivity contribution in [2.75, 3.05) is 16.8 Å². The second kappa shape index (κ2) is 9.92. The number of piperidine rings is 1. The third-order valence-corrected chi connectivity index (χ3v) is 7.15. The third-order valence-electron chi connectivity index (χ3n) is 6.20. The number of nitrogens with two attached hydrogens (primary N) is 2. The molecule has 1 heterocycles. The van der Waals surface area contributed by atoms with Crippen LogP contribution in [0.3, 0.4) is 0 Å². The van der Waals surface area contributed by atoms with Crippen LogP contribution in [0.5, 0.6) is 0 Å². The van der Waals surface area contributed by atoms with Gasteiger partial charge in [0.2, 0.25) is 15.9 Å². The summed E-state index contributed by atoms with van der Waals surface area (Å²) in [7, 11) is -4.09. The Bertz CT molecular complexity index is 1470. The number of nitrogens with one attached hydrogen (secondary N) is 2. The number of carbonyl (C=O) groups excluding carboxylic acids is 2. The van der Waals surface area contributed by atoms with Gasteiger partial charge in [0.1, 0.15) is 11.9 Å². The highest BCUT2D eigenvalue weighted by atomic mass is 32.2. The topological polar surface area (TPSA) is 159 Å². The second-order valence-corrected chi connectivity index (χ2v) is 10.3. The fraction of sp³-hybridized carbons (Fsp3) is 0.192. The van der Waals surface area contributed by atoms with Crippen LogP contribution in [0.15, 0.2) is 71.6 Å². The van der Waals surface area contributed by atoms with Crippen LogP contribution in [0.1, 0.15) is 24.0 Å². The Morgan fingerprint density at radius 1 is 1.06 bits per heavy atom. The molecule has 1 aliphatic rings. The minimum atomic E-state index is -4.09. The van der Waals surface area contributed by atoms with Crippen molar-refractivity contribution in [2.24, 2.45) is 10.9 Å². The Morgan fingerprint density at radius 2 is 1.81 bits per heavy atom. The van der Waals surface area contributed by atoms with Gasteiger partial charge in [-0.15, -0.1) is 0 Å². The molecular formula is C26H27N5O4S. The maximum absolute atomic E-state index is 13.3. The van der Waals surface area contributed by atoms with E-state index in [9.17, 15) is 18.0 Å². The highest BCUT2D eigenvalue weighted by molar-refractivity contribution is 7.89. The molecule has 1 amide bonds. The summed E-state index contributed by atoms with van der Waals surface area (Å²) in [6.07, 6.45) is 0.536. The molecule has 0 aliphatic carbocycles. The van der Waals surface area contributed by atoms with Crippen LogP contribution in [0.2, 0.25) is 0 Å². The Balaban J connectivity index is 1.66. The molecule has 0 saturated carbocycles. The largest absolute Gasteiger partial charge is 0.384 e. The monoisotopic (exact) mass is 505 g/mol. The van der Waals surface area contributed by atoms with Gasteiger partial charge in [0.15, 0.2) is 5.78 Å². The summed E-state index contributed by atoms with van der Waals surface area (Å²) in [5.41, 5.74) is 9.01. The maximum atomic E-state index is 13.3. The van der Waals surface area contributed by atoms with Gasteiger partial charge in [-0.1, -0.05) is 42.5 Å². The van der Waals surface area contributed by atoms with E-state index in [-0.39, 0.29) is 47.5 Å². The molecule has 3 aromatic rings. The number of anilines is 2. The minimum Gasteiger partial charge on any atom is -0.384 e. The van der Waals surface area contributed by atoms with Crippen LogP contribution in [-0.4, -0.2) is 38.5 Å². The lowest BCUT2D eigenvalue weighted by Crippen LogP contribution is -2.50. The average molecular weight is 506 g/mol. The van der Waals surface area contributed by atoms with Crippen LogP contribution < -0.4 is 21.1 Å². The third kappa shape index (κ3) is 5.29. The van der Waals surface area contributed by atoms with Gasteiger partial charge in [0, 0.05) is 28.9 Å². The summed E-state index contributed by atoms with van der Waals surface area (Å²) >= 11 is 0. The molecule has 1 unspecified atom stereocenters. The van der Waals surface area contributed by atoms with Crippen molar-refractivity contribution in [1.82, 2.24) is 0 Å². The number of benzene rings is 3. The summed E-state index contributed by atoms with van der Waals surface area (Å²) in [5.74, 6) is -0.517. The first-order valence-corrected chi connectivity index (χ1v) is 12.9. The van der Waals surface area contributed by atoms with Crippen LogP contribution in [0, 0.1) is 12.3 Å². The number of amides is 1. The van der Waals surface area contributed by atoms with Crippen molar-refractivity contribution in [1.29, 1.82) is 5.41 Å². The molecule has 9 nitrogen and oxygen atoms in total. The molecule has 36 heavy (non-hydrogen) atoms. The number of nitrogen functional groups attached to an aromatic ring is 1. The molecule has 1 saturated heterocycles. The van der Waals surface area contributed by atoms with E-state index in [1.165, 1.54) is 6.07 Å². The van der Waals surface area contributed by atoms with Crippen LogP contribution >= 0.6 is 0 Å². The van der Waals surface area contributed by atoms with Gasteiger partial charge in [-0.3, -0.25) is 15.0 Å². The number of hydrogen-bond donors (Lipinski definition) is 4. The van der Waals surface area contributed by atoms with E-state index in [0.29, 0.717) is 16.8 Å². The number of amidine groups is 1. The fourth-order valence-electron chi connectivity index (χ4n) is 4.39. The standard InChI is InChI=1S/C26H27N5O4S/c1-16-5-2-3-8-21(16)22-11-9-18(14-24(22)36(29,34)35)30-26(33)23-12-10-20(32)15-31(23)19-7-4-6-17(13-19)25(27)28/h2-9,11,13-14,23H,10,12,15H2,1H3,(H3,27,28)(H,30,33)(H2,29,34,35). The number of sulfonamides is 1. The molecule has 10 heteroatoms. The molecule has 6 N–H and O–H groups in total. The highest BCUT2D eigenvalue weighted by Crippen LogP contribution is 2.32. The molecule has 1 fully saturated rings. The van der Waals surface area contributed by atoms with Crippen LogP contribution in [-0.2, 0) is 19.6 Å². The van der Waals surface area contributed by atoms with Crippen molar-refractivity contribution >= 4 is 38.9 Å². The lowest BCUT2D eigenvalue weighted by molar-refractivity contribution is -0.121. The molecule has 0 spiro atoms. The molecule has 0 bridgehead atoms. The van der Waals surface area contributed by atoms with Gasteiger partial charge < -0.3 is 16.0 Å². The number of Topliss-reactive ketones (excluding diaryl/α,β-unsaturated/α-hetero) is 1.